The fraction of sp³-hybridized carbons (Fsp3) is 0.917. The minimum Gasteiger partial charge on any atom is -0.293 e. The molecule has 1 atom stereocenters. The summed E-state index contributed by atoms with van der Waals surface area (Å²) < 4.78 is 0. The highest BCUT2D eigenvalue weighted by atomic mass is 16.2. The van der Waals surface area contributed by atoms with E-state index in [1.54, 1.807) is 0 Å². The monoisotopic (exact) mass is 227 g/mol. The minimum absolute atomic E-state index is 0.0464. The number of hydrogen-bond donors (Lipinski definition) is 2. The molecule has 0 aromatic carbocycles. The smallest absolute Gasteiger partial charge is 0.251 e. The first kappa shape index (κ1) is 13.5. The standard InChI is InChI=1S/C12H25N3O/c1-3-11(12(16)14-13)15(4-2)10-8-6-5-7-9-10/h10-11H,3-9,13H2,1-2H3,(H,14,16). The van der Waals surface area contributed by atoms with Crippen LogP contribution < -0.4 is 11.3 Å². The lowest BCUT2D eigenvalue weighted by Gasteiger charge is -2.38. The van der Waals surface area contributed by atoms with Crippen molar-refractivity contribution < 1.29 is 4.79 Å². The molecule has 0 bridgehead atoms. The van der Waals surface area contributed by atoms with Crippen LogP contribution in [0.15, 0.2) is 0 Å². The summed E-state index contributed by atoms with van der Waals surface area (Å²) in [5.74, 6) is 5.20. The number of hydrazine groups is 1. The van der Waals surface area contributed by atoms with Crippen LogP contribution in [-0.4, -0.2) is 29.4 Å². The second-order valence-corrected chi connectivity index (χ2v) is 4.55. The Morgan fingerprint density at radius 1 is 1.38 bits per heavy atom. The molecule has 1 aliphatic rings. The Morgan fingerprint density at radius 3 is 2.44 bits per heavy atom. The number of carbonyl (C=O) groups is 1. The van der Waals surface area contributed by atoms with Gasteiger partial charge in [-0.05, 0) is 25.8 Å². The normalized spacial score (nSPS) is 19.8. The average Bonchev–Trinajstić information content (AvgIpc) is 2.36. The van der Waals surface area contributed by atoms with Crippen molar-refractivity contribution in [1.82, 2.24) is 10.3 Å². The summed E-state index contributed by atoms with van der Waals surface area (Å²) in [5.41, 5.74) is 2.29. The lowest BCUT2D eigenvalue weighted by molar-refractivity contribution is -0.127. The van der Waals surface area contributed by atoms with E-state index in [4.69, 9.17) is 5.84 Å². The Kier molecular flexibility index (Phi) is 5.77. The molecule has 0 aromatic rings. The molecule has 4 nitrogen and oxygen atoms in total. The maximum absolute atomic E-state index is 11.7. The lowest BCUT2D eigenvalue weighted by Crippen LogP contribution is -2.52. The highest BCUT2D eigenvalue weighted by Gasteiger charge is 2.29. The van der Waals surface area contributed by atoms with Gasteiger partial charge in [-0.1, -0.05) is 33.1 Å². The second-order valence-electron chi connectivity index (χ2n) is 4.55. The van der Waals surface area contributed by atoms with Crippen LogP contribution in [-0.2, 0) is 4.79 Å². The molecule has 0 spiro atoms. The molecule has 0 saturated heterocycles. The van der Waals surface area contributed by atoms with Crippen LogP contribution in [0, 0.1) is 0 Å². The van der Waals surface area contributed by atoms with Crippen LogP contribution in [0.4, 0.5) is 0 Å². The maximum atomic E-state index is 11.7. The first-order valence-electron chi connectivity index (χ1n) is 6.50. The maximum Gasteiger partial charge on any atom is 0.251 e. The predicted octanol–water partition coefficient (Wildman–Crippen LogP) is 1.41. The quantitative estimate of drug-likeness (QED) is 0.424. The lowest BCUT2D eigenvalue weighted by atomic mass is 9.92. The molecule has 1 rings (SSSR count). The third-order valence-corrected chi connectivity index (χ3v) is 3.64. The van der Waals surface area contributed by atoms with E-state index in [1.807, 2.05) is 6.92 Å². The van der Waals surface area contributed by atoms with Gasteiger partial charge in [-0.15, -0.1) is 0 Å². The molecule has 1 saturated carbocycles. The highest BCUT2D eigenvalue weighted by molar-refractivity contribution is 5.81. The molecule has 3 N–H and O–H groups in total. The summed E-state index contributed by atoms with van der Waals surface area (Å²) in [4.78, 5) is 14.0. The molecule has 0 radical (unpaired) electrons. The van der Waals surface area contributed by atoms with E-state index in [9.17, 15) is 4.79 Å². The number of likely N-dealkylation sites (N-methyl/N-ethyl adjacent to an activating group) is 1. The SMILES string of the molecule is CCC(C(=O)NN)N(CC)C1CCCCC1. The van der Waals surface area contributed by atoms with E-state index in [2.05, 4.69) is 17.2 Å². The molecule has 0 heterocycles. The number of amides is 1. The summed E-state index contributed by atoms with van der Waals surface area (Å²) in [6.07, 6.45) is 7.20. The van der Waals surface area contributed by atoms with Gasteiger partial charge in [0.1, 0.15) is 0 Å². The van der Waals surface area contributed by atoms with Crippen molar-refractivity contribution in [3.8, 4) is 0 Å². The van der Waals surface area contributed by atoms with Crippen LogP contribution in [0.1, 0.15) is 52.4 Å². The van der Waals surface area contributed by atoms with E-state index in [0.29, 0.717) is 6.04 Å². The Bertz CT molecular complexity index is 214. The van der Waals surface area contributed by atoms with Gasteiger partial charge >= 0.3 is 0 Å². The van der Waals surface area contributed by atoms with Crippen LogP contribution in [0.2, 0.25) is 0 Å². The molecule has 0 aliphatic heterocycles. The summed E-state index contributed by atoms with van der Waals surface area (Å²) in [5, 5.41) is 0. The van der Waals surface area contributed by atoms with Gasteiger partial charge in [-0.25, -0.2) is 5.84 Å². The first-order valence-corrected chi connectivity index (χ1v) is 6.50. The minimum atomic E-state index is -0.0573. The third kappa shape index (κ3) is 3.19. The largest absolute Gasteiger partial charge is 0.293 e. The molecule has 1 fully saturated rings. The Labute approximate surface area is 98.5 Å². The van der Waals surface area contributed by atoms with Crippen LogP contribution in [0.5, 0.6) is 0 Å². The number of nitrogens with two attached hydrogens (primary N) is 1. The molecular weight excluding hydrogens is 202 g/mol. The van der Waals surface area contributed by atoms with E-state index in [0.717, 1.165) is 13.0 Å². The Hall–Kier alpha value is -0.610. The zero-order valence-corrected chi connectivity index (χ0v) is 10.5. The van der Waals surface area contributed by atoms with E-state index >= 15 is 0 Å². The van der Waals surface area contributed by atoms with Crippen molar-refractivity contribution in [2.24, 2.45) is 5.84 Å². The zero-order chi connectivity index (χ0) is 12.0. The van der Waals surface area contributed by atoms with Gasteiger partial charge in [0.2, 0.25) is 0 Å². The van der Waals surface area contributed by atoms with Gasteiger partial charge in [0.05, 0.1) is 6.04 Å². The first-order chi connectivity index (χ1) is 7.74. The number of nitrogens with one attached hydrogen (secondary N) is 1. The number of carbonyl (C=O) groups excluding carboxylic acids is 1. The summed E-state index contributed by atoms with van der Waals surface area (Å²) in [7, 11) is 0. The van der Waals surface area contributed by atoms with Crippen molar-refractivity contribution in [3.63, 3.8) is 0 Å². The van der Waals surface area contributed by atoms with Crippen molar-refractivity contribution in [1.29, 1.82) is 0 Å². The molecule has 16 heavy (non-hydrogen) atoms. The zero-order valence-electron chi connectivity index (χ0n) is 10.5. The topological polar surface area (TPSA) is 58.4 Å². The van der Waals surface area contributed by atoms with Gasteiger partial charge in [-0.2, -0.15) is 0 Å². The van der Waals surface area contributed by atoms with Crippen molar-refractivity contribution >= 4 is 5.91 Å². The summed E-state index contributed by atoms with van der Waals surface area (Å²) >= 11 is 0. The van der Waals surface area contributed by atoms with E-state index in [1.165, 1.54) is 32.1 Å². The van der Waals surface area contributed by atoms with Crippen molar-refractivity contribution in [3.05, 3.63) is 0 Å². The molecule has 4 heteroatoms. The molecular formula is C12H25N3O. The van der Waals surface area contributed by atoms with Gasteiger partial charge in [-0.3, -0.25) is 15.1 Å². The molecule has 94 valence electrons. The summed E-state index contributed by atoms with van der Waals surface area (Å²) in [6, 6.07) is 0.513. The van der Waals surface area contributed by atoms with Gasteiger partial charge < -0.3 is 0 Å². The fourth-order valence-corrected chi connectivity index (χ4v) is 2.81. The summed E-state index contributed by atoms with van der Waals surface area (Å²) in [6.45, 7) is 5.10. The van der Waals surface area contributed by atoms with Crippen LogP contribution in [0.3, 0.4) is 0 Å². The van der Waals surface area contributed by atoms with E-state index < -0.39 is 0 Å². The number of hydrogen-bond acceptors (Lipinski definition) is 3. The Balaban J connectivity index is 2.65. The van der Waals surface area contributed by atoms with Gasteiger partial charge in [0, 0.05) is 6.04 Å². The van der Waals surface area contributed by atoms with E-state index in [-0.39, 0.29) is 11.9 Å². The fourth-order valence-electron chi connectivity index (χ4n) is 2.81. The molecule has 1 amide bonds. The second kappa shape index (κ2) is 6.86. The Morgan fingerprint density at radius 2 is 2.00 bits per heavy atom. The van der Waals surface area contributed by atoms with Crippen LogP contribution in [0.25, 0.3) is 0 Å². The molecule has 1 aliphatic carbocycles. The van der Waals surface area contributed by atoms with Crippen LogP contribution >= 0.6 is 0 Å². The number of nitrogens with zero attached hydrogens (tertiary/aromatic N) is 1. The van der Waals surface area contributed by atoms with Crippen molar-refractivity contribution in [2.75, 3.05) is 6.54 Å². The van der Waals surface area contributed by atoms with Crippen molar-refractivity contribution in [2.45, 2.75) is 64.5 Å². The van der Waals surface area contributed by atoms with Gasteiger partial charge in [0.15, 0.2) is 0 Å². The average molecular weight is 227 g/mol. The predicted molar refractivity (Wildman–Crippen MR) is 65.7 cm³/mol. The third-order valence-electron chi connectivity index (χ3n) is 3.64. The number of rotatable bonds is 5. The van der Waals surface area contributed by atoms with Gasteiger partial charge in [0.25, 0.3) is 5.91 Å². The molecule has 1 unspecified atom stereocenters. The molecule has 0 aromatic heterocycles. The highest BCUT2D eigenvalue weighted by Crippen LogP contribution is 2.24.